The number of rotatable bonds is 5. The number of nitrogens with zero attached hydrogens (tertiary/aromatic N) is 2. The van der Waals surface area contributed by atoms with Crippen LogP contribution in [0.5, 0.6) is 0 Å². The van der Waals surface area contributed by atoms with Gasteiger partial charge in [0.25, 0.3) is 0 Å². The van der Waals surface area contributed by atoms with Crippen LogP contribution in [0.25, 0.3) is 81.7 Å². The Morgan fingerprint density at radius 2 is 0.963 bits per heavy atom. The highest BCUT2D eigenvalue weighted by Gasteiger charge is 2.20. The molecule has 0 N–H and O–H groups in total. The molecule has 0 saturated heterocycles. The largest absolute Gasteiger partial charge is 0.310 e. The maximum Gasteiger partial charge on any atom is 0.0547 e. The minimum atomic E-state index is 1.11. The first-order valence-corrected chi connectivity index (χ1v) is 18.6. The van der Waals surface area contributed by atoms with Crippen LogP contribution in [0.2, 0.25) is 0 Å². The molecule has 2 heteroatoms. The fraction of sp³-hybridized carbons (Fsp3) is 0. The SMILES string of the molecule is c1ccc(-n2c3cc4ccccc4cc3c3c(-c4cccc(N(c5ccc6c(ccc7ccccc76)c5)c5cccc6ccccc56)c4)cccc32)cc1. The van der Waals surface area contributed by atoms with Crippen LogP contribution in [0.4, 0.5) is 17.1 Å². The van der Waals surface area contributed by atoms with Crippen molar-refractivity contribution in [1.82, 2.24) is 4.57 Å². The fourth-order valence-electron chi connectivity index (χ4n) is 8.63. The normalized spacial score (nSPS) is 11.7. The molecule has 0 bridgehead atoms. The van der Waals surface area contributed by atoms with Crippen molar-refractivity contribution in [2.75, 3.05) is 4.90 Å². The molecular formula is C52H34N2. The van der Waals surface area contributed by atoms with E-state index in [1.165, 1.54) is 76.0 Å². The Morgan fingerprint density at radius 1 is 0.333 bits per heavy atom. The number of anilines is 3. The first kappa shape index (κ1) is 30.5. The van der Waals surface area contributed by atoms with Gasteiger partial charge in [-0.2, -0.15) is 0 Å². The summed E-state index contributed by atoms with van der Waals surface area (Å²) in [6.45, 7) is 0. The Labute approximate surface area is 313 Å². The van der Waals surface area contributed by atoms with Crippen molar-refractivity contribution in [3.05, 3.63) is 206 Å². The lowest BCUT2D eigenvalue weighted by atomic mass is 9.97. The summed E-state index contributed by atoms with van der Waals surface area (Å²) in [6, 6.07) is 75.4. The topological polar surface area (TPSA) is 8.17 Å². The van der Waals surface area contributed by atoms with E-state index in [2.05, 4.69) is 216 Å². The summed E-state index contributed by atoms with van der Waals surface area (Å²) in [5, 5.41) is 12.4. The maximum atomic E-state index is 2.43. The number of para-hydroxylation sites is 1. The van der Waals surface area contributed by atoms with Crippen molar-refractivity contribution in [2.24, 2.45) is 0 Å². The van der Waals surface area contributed by atoms with Gasteiger partial charge in [0.05, 0.1) is 16.7 Å². The summed E-state index contributed by atoms with van der Waals surface area (Å²) in [4.78, 5) is 2.43. The van der Waals surface area contributed by atoms with E-state index in [4.69, 9.17) is 0 Å². The van der Waals surface area contributed by atoms with Gasteiger partial charge in [0.15, 0.2) is 0 Å². The quantitative estimate of drug-likeness (QED) is 0.164. The summed E-state index contributed by atoms with van der Waals surface area (Å²) in [7, 11) is 0. The minimum Gasteiger partial charge on any atom is -0.310 e. The lowest BCUT2D eigenvalue weighted by Crippen LogP contribution is -2.10. The third-order valence-electron chi connectivity index (χ3n) is 11.1. The van der Waals surface area contributed by atoms with Crippen molar-refractivity contribution in [3.63, 3.8) is 0 Å². The Morgan fingerprint density at radius 3 is 1.81 bits per heavy atom. The van der Waals surface area contributed by atoms with Crippen LogP contribution in [0.1, 0.15) is 0 Å². The second-order valence-corrected chi connectivity index (χ2v) is 14.2. The molecule has 0 fully saturated rings. The molecular weight excluding hydrogens is 653 g/mol. The molecule has 0 saturated carbocycles. The molecule has 0 unspecified atom stereocenters. The first-order chi connectivity index (χ1) is 26.8. The van der Waals surface area contributed by atoms with Gasteiger partial charge in [-0.3, -0.25) is 0 Å². The highest BCUT2D eigenvalue weighted by atomic mass is 15.1. The highest BCUT2D eigenvalue weighted by Crippen LogP contribution is 2.44. The van der Waals surface area contributed by atoms with Gasteiger partial charge < -0.3 is 9.47 Å². The number of hydrogen-bond acceptors (Lipinski definition) is 1. The molecule has 0 spiro atoms. The molecule has 0 radical (unpaired) electrons. The molecule has 0 aliphatic carbocycles. The van der Waals surface area contributed by atoms with Crippen LogP contribution in [0.3, 0.4) is 0 Å². The summed E-state index contributed by atoms with van der Waals surface area (Å²) in [6.07, 6.45) is 0. The van der Waals surface area contributed by atoms with Crippen molar-refractivity contribution in [2.45, 2.75) is 0 Å². The Bertz CT molecular complexity index is 3220. The van der Waals surface area contributed by atoms with Gasteiger partial charge in [-0.15, -0.1) is 0 Å². The van der Waals surface area contributed by atoms with E-state index in [1.807, 2.05) is 0 Å². The third-order valence-corrected chi connectivity index (χ3v) is 11.1. The van der Waals surface area contributed by atoms with Crippen molar-refractivity contribution < 1.29 is 0 Å². The molecule has 1 aromatic heterocycles. The van der Waals surface area contributed by atoms with Crippen LogP contribution >= 0.6 is 0 Å². The molecule has 54 heavy (non-hydrogen) atoms. The van der Waals surface area contributed by atoms with Crippen molar-refractivity contribution >= 4 is 82.0 Å². The molecule has 11 rings (SSSR count). The molecule has 252 valence electrons. The van der Waals surface area contributed by atoms with Gasteiger partial charge in [-0.25, -0.2) is 0 Å². The van der Waals surface area contributed by atoms with Crippen LogP contribution in [0.15, 0.2) is 206 Å². The van der Waals surface area contributed by atoms with E-state index in [0.29, 0.717) is 0 Å². The first-order valence-electron chi connectivity index (χ1n) is 18.6. The van der Waals surface area contributed by atoms with E-state index in [-0.39, 0.29) is 0 Å². The third kappa shape index (κ3) is 4.81. The number of fused-ring (bicyclic) bond motifs is 8. The van der Waals surface area contributed by atoms with Gasteiger partial charge >= 0.3 is 0 Å². The molecule has 0 amide bonds. The van der Waals surface area contributed by atoms with Crippen LogP contribution in [-0.2, 0) is 0 Å². The highest BCUT2D eigenvalue weighted by molar-refractivity contribution is 6.19. The summed E-state index contributed by atoms with van der Waals surface area (Å²) < 4.78 is 2.42. The van der Waals surface area contributed by atoms with E-state index in [9.17, 15) is 0 Å². The Kier molecular flexibility index (Phi) is 6.90. The second-order valence-electron chi connectivity index (χ2n) is 14.2. The lowest BCUT2D eigenvalue weighted by molar-refractivity contribution is 1.18. The molecule has 10 aromatic carbocycles. The zero-order valence-electron chi connectivity index (χ0n) is 29.5. The van der Waals surface area contributed by atoms with Crippen molar-refractivity contribution in [3.8, 4) is 16.8 Å². The predicted octanol–water partition coefficient (Wildman–Crippen LogP) is 14.5. The molecule has 0 aliphatic rings. The van der Waals surface area contributed by atoms with E-state index in [0.717, 1.165) is 22.7 Å². The van der Waals surface area contributed by atoms with E-state index in [1.54, 1.807) is 0 Å². The predicted molar refractivity (Wildman–Crippen MR) is 231 cm³/mol. The summed E-state index contributed by atoms with van der Waals surface area (Å²) in [5.74, 6) is 0. The van der Waals surface area contributed by atoms with Gasteiger partial charge in [0.2, 0.25) is 0 Å². The van der Waals surface area contributed by atoms with Crippen LogP contribution in [-0.4, -0.2) is 4.57 Å². The van der Waals surface area contributed by atoms with Gasteiger partial charge in [0.1, 0.15) is 0 Å². The van der Waals surface area contributed by atoms with Crippen LogP contribution in [0, 0.1) is 0 Å². The number of aromatic nitrogens is 1. The van der Waals surface area contributed by atoms with E-state index >= 15 is 0 Å². The standard InChI is InChI=1S/C52H34N2/c1-2-19-41(20-3-1)54-50-26-12-24-47(52(50)48-33-37-15-4-5-16-38(37)34-51(48)54)39-18-10-21-42(31-39)53(49-25-11-17-35-13-7-9-23-46(35)49)43-29-30-45-40(32-43)28-27-36-14-6-8-22-44(36)45/h1-34H. The minimum absolute atomic E-state index is 1.11. The zero-order chi connectivity index (χ0) is 35.6. The Balaban J connectivity index is 1.16. The number of hydrogen-bond donors (Lipinski definition) is 0. The summed E-state index contributed by atoms with van der Waals surface area (Å²) >= 11 is 0. The van der Waals surface area contributed by atoms with Crippen LogP contribution < -0.4 is 4.90 Å². The molecule has 2 nitrogen and oxygen atoms in total. The van der Waals surface area contributed by atoms with Gasteiger partial charge in [0, 0.05) is 33.2 Å². The zero-order valence-corrected chi connectivity index (χ0v) is 29.5. The van der Waals surface area contributed by atoms with Crippen molar-refractivity contribution in [1.29, 1.82) is 0 Å². The average Bonchev–Trinajstić information content (AvgIpc) is 3.56. The Hall–Kier alpha value is -7.16. The van der Waals surface area contributed by atoms with Gasteiger partial charge in [-0.05, 0) is 109 Å². The fourth-order valence-corrected chi connectivity index (χ4v) is 8.63. The summed E-state index contributed by atoms with van der Waals surface area (Å²) in [5.41, 5.74) is 9.33. The molecule has 0 aliphatic heterocycles. The molecule has 0 atom stereocenters. The van der Waals surface area contributed by atoms with Gasteiger partial charge in [-0.1, -0.05) is 146 Å². The number of benzene rings is 10. The monoisotopic (exact) mass is 686 g/mol. The second kappa shape index (κ2) is 12.2. The molecule has 1 heterocycles. The smallest absolute Gasteiger partial charge is 0.0547 e. The maximum absolute atomic E-state index is 2.43. The average molecular weight is 687 g/mol. The van der Waals surface area contributed by atoms with E-state index < -0.39 is 0 Å². The molecule has 11 aromatic rings. The lowest BCUT2D eigenvalue weighted by Gasteiger charge is -2.28.